The van der Waals surface area contributed by atoms with Gasteiger partial charge < -0.3 is 14.8 Å². The van der Waals surface area contributed by atoms with Gasteiger partial charge in [0.15, 0.2) is 17.1 Å². The van der Waals surface area contributed by atoms with Crippen LogP contribution in [0, 0.1) is 3.57 Å². The molecule has 0 saturated heterocycles. The third-order valence-corrected chi connectivity index (χ3v) is 5.00. The predicted octanol–water partition coefficient (Wildman–Crippen LogP) is 4.05. The first-order valence-electron chi connectivity index (χ1n) is 8.59. The molecule has 1 N–H and O–H groups in total. The molecule has 4 rings (SSSR count). The van der Waals surface area contributed by atoms with Crippen molar-refractivity contribution in [3.05, 3.63) is 64.1 Å². The Morgan fingerprint density at radius 3 is 2.68 bits per heavy atom. The number of benzene rings is 2. The van der Waals surface area contributed by atoms with Crippen molar-refractivity contribution in [1.29, 1.82) is 0 Å². The second-order valence-corrected chi connectivity index (χ2v) is 7.28. The van der Waals surface area contributed by atoms with E-state index in [9.17, 15) is 0 Å². The molecule has 7 nitrogen and oxygen atoms in total. The number of ether oxygens (including phenoxy) is 2. The van der Waals surface area contributed by atoms with Crippen LogP contribution in [0.1, 0.15) is 5.56 Å². The molecule has 0 saturated carbocycles. The number of rotatable bonds is 6. The molecule has 28 heavy (non-hydrogen) atoms. The topological polar surface area (TPSA) is 74.1 Å². The van der Waals surface area contributed by atoms with Crippen LogP contribution in [0.2, 0.25) is 0 Å². The molecule has 0 unspecified atom stereocenters. The molecule has 2 heterocycles. The lowest BCUT2D eigenvalue weighted by molar-refractivity contribution is 0.354. The van der Waals surface area contributed by atoms with Gasteiger partial charge in [0.25, 0.3) is 0 Å². The highest BCUT2D eigenvalue weighted by Gasteiger charge is 2.12. The fraction of sp³-hybridized carbons (Fsp3) is 0.150. The van der Waals surface area contributed by atoms with Crippen LogP contribution in [0.5, 0.6) is 11.5 Å². The van der Waals surface area contributed by atoms with E-state index >= 15 is 0 Å². The van der Waals surface area contributed by atoms with E-state index < -0.39 is 0 Å². The second kappa shape index (κ2) is 8.01. The van der Waals surface area contributed by atoms with Crippen LogP contribution in [0.4, 0.5) is 5.82 Å². The molecule has 2 aromatic heterocycles. The molecule has 0 fully saturated rings. The number of methoxy groups -OCH3 is 2. The quantitative estimate of drug-likeness (QED) is 0.414. The van der Waals surface area contributed by atoms with E-state index in [2.05, 4.69) is 49.0 Å². The number of nitrogens with one attached hydrogen (secondary N) is 1. The molecule has 142 valence electrons. The maximum atomic E-state index is 5.37. The summed E-state index contributed by atoms with van der Waals surface area (Å²) in [6.07, 6.45) is 3.33. The van der Waals surface area contributed by atoms with Crippen molar-refractivity contribution >= 4 is 39.4 Å². The van der Waals surface area contributed by atoms with Crippen LogP contribution in [0.15, 0.2) is 55.0 Å². The Morgan fingerprint density at radius 2 is 1.89 bits per heavy atom. The minimum atomic E-state index is 0.584. The van der Waals surface area contributed by atoms with Crippen molar-refractivity contribution in [2.24, 2.45) is 0 Å². The molecule has 0 aliphatic rings. The highest BCUT2D eigenvalue weighted by molar-refractivity contribution is 14.1. The highest BCUT2D eigenvalue weighted by Crippen LogP contribution is 2.28. The standard InChI is InChI=1S/C20H18IN5O2/c1-27-17-7-6-13(8-18(17)28-2)10-22-19-16-11-25-26(20(16)24-12-23-19)15-5-3-4-14(21)9-15/h3-9,11-12H,10H2,1-2H3,(H,22,23,24). The fourth-order valence-corrected chi connectivity index (χ4v) is 3.48. The van der Waals surface area contributed by atoms with Crippen molar-refractivity contribution < 1.29 is 9.47 Å². The Morgan fingerprint density at radius 1 is 1.04 bits per heavy atom. The molecule has 0 amide bonds. The van der Waals surface area contributed by atoms with E-state index in [4.69, 9.17) is 9.47 Å². The van der Waals surface area contributed by atoms with Crippen LogP contribution >= 0.6 is 22.6 Å². The molecule has 0 aliphatic heterocycles. The number of aromatic nitrogens is 4. The fourth-order valence-electron chi connectivity index (χ4n) is 2.96. The van der Waals surface area contributed by atoms with E-state index in [0.29, 0.717) is 18.0 Å². The Hall–Kier alpha value is -2.88. The van der Waals surface area contributed by atoms with E-state index in [1.54, 1.807) is 26.7 Å². The Labute approximate surface area is 175 Å². The highest BCUT2D eigenvalue weighted by atomic mass is 127. The molecule has 8 heteroatoms. The third kappa shape index (κ3) is 3.59. The summed E-state index contributed by atoms with van der Waals surface area (Å²) < 4.78 is 13.6. The number of fused-ring (bicyclic) bond motifs is 1. The first-order valence-corrected chi connectivity index (χ1v) is 9.67. The summed E-state index contributed by atoms with van der Waals surface area (Å²) in [4.78, 5) is 8.81. The number of hydrogen-bond donors (Lipinski definition) is 1. The number of anilines is 1. The van der Waals surface area contributed by atoms with E-state index in [-0.39, 0.29) is 0 Å². The van der Waals surface area contributed by atoms with Gasteiger partial charge in [-0.3, -0.25) is 0 Å². The van der Waals surface area contributed by atoms with Crippen LogP contribution in [-0.4, -0.2) is 34.0 Å². The lowest BCUT2D eigenvalue weighted by atomic mass is 10.2. The van der Waals surface area contributed by atoms with E-state index in [0.717, 1.165) is 31.7 Å². The van der Waals surface area contributed by atoms with Crippen LogP contribution < -0.4 is 14.8 Å². The summed E-state index contributed by atoms with van der Waals surface area (Å²) in [5.74, 6) is 2.13. The van der Waals surface area contributed by atoms with Crippen LogP contribution in [0.3, 0.4) is 0 Å². The van der Waals surface area contributed by atoms with Gasteiger partial charge in [0.05, 0.1) is 31.5 Å². The summed E-state index contributed by atoms with van der Waals surface area (Å²) in [7, 11) is 3.25. The average Bonchev–Trinajstić information content (AvgIpc) is 3.16. The van der Waals surface area contributed by atoms with E-state index in [1.165, 1.54) is 0 Å². The molecule has 0 spiro atoms. The van der Waals surface area contributed by atoms with Gasteiger partial charge in [0.2, 0.25) is 0 Å². The Kier molecular flexibility index (Phi) is 5.29. The summed E-state index contributed by atoms with van der Waals surface area (Å²) in [5.41, 5.74) is 2.77. The largest absolute Gasteiger partial charge is 0.493 e. The average molecular weight is 487 g/mol. The number of nitrogens with zero attached hydrogens (tertiary/aromatic N) is 4. The first-order chi connectivity index (χ1) is 13.7. The molecule has 0 atom stereocenters. The Balaban J connectivity index is 1.62. The monoisotopic (exact) mass is 487 g/mol. The molecule has 4 aromatic rings. The zero-order valence-corrected chi connectivity index (χ0v) is 17.5. The third-order valence-electron chi connectivity index (χ3n) is 4.33. The second-order valence-electron chi connectivity index (χ2n) is 6.04. The maximum Gasteiger partial charge on any atom is 0.168 e. The van der Waals surface area contributed by atoms with Gasteiger partial charge in [-0.15, -0.1) is 0 Å². The molecule has 2 aromatic carbocycles. The SMILES string of the molecule is COc1ccc(CNc2ncnc3c2cnn3-c2cccc(I)c2)cc1OC. The van der Waals surface area contributed by atoms with Crippen molar-refractivity contribution in [2.75, 3.05) is 19.5 Å². The zero-order valence-electron chi connectivity index (χ0n) is 15.4. The summed E-state index contributed by atoms with van der Waals surface area (Å²) in [5, 5.41) is 8.74. The summed E-state index contributed by atoms with van der Waals surface area (Å²) in [6, 6.07) is 13.9. The molecular formula is C20H18IN5O2. The van der Waals surface area contributed by atoms with E-state index in [1.807, 2.05) is 41.1 Å². The molecular weight excluding hydrogens is 469 g/mol. The maximum absolute atomic E-state index is 5.37. The lowest BCUT2D eigenvalue weighted by Gasteiger charge is -2.11. The van der Waals surface area contributed by atoms with Gasteiger partial charge in [0, 0.05) is 10.1 Å². The summed E-state index contributed by atoms with van der Waals surface area (Å²) in [6.45, 7) is 0.584. The van der Waals surface area contributed by atoms with Crippen molar-refractivity contribution in [3.63, 3.8) is 0 Å². The van der Waals surface area contributed by atoms with Crippen molar-refractivity contribution in [3.8, 4) is 17.2 Å². The van der Waals surface area contributed by atoms with Gasteiger partial charge in [-0.05, 0) is 58.5 Å². The van der Waals surface area contributed by atoms with Crippen molar-refractivity contribution in [2.45, 2.75) is 6.54 Å². The first kappa shape index (κ1) is 18.5. The van der Waals surface area contributed by atoms with Crippen LogP contribution in [-0.2, 0) is 6.54 Å². The smallest absolute Gasteiger partial charge is 0.168 e. The molecule has 0 bridgehead atoms. The van der Waals surface area contributed by atoms with Gasteiger partial charge in [-0.1, -0.05) is 12.1 Å². The number of hydrogen-bond acceptors (Lipinski definition) is 6. The predicted molar refractivity (Wildman–Crippen MR) is 116 cm³/mol. The van der Waals surface area contributed by atoms with Gasteiger partial charge in [-0.2, -0.15) is 5.10 Å². The van der Waals surface area contributed by atoms with Gasteiger partial charge in [0.1, 0.15) is 12.1 Å². The minimum Gasteiger partial charge on any atom is -0.493 e. The minimum absolute atomic E-state index is 0.584. The number of halogens is 1. The van der Waals surface area contributed by atoms with Gasteiger partial charge in [-0.25, -0.2) is 14.6 Å². The molecule has 0 aliphatic carbocycles. The van der Waals surface area contributed by atoms with Crippen LogP contribution in [0.25, 0.3) is 16.7 Å². The zero-order chi connectivity index (χ0) is 19.5. The lowest BCUT2D eigenvalue weighted by Crippen LogP contribution is -2.04. The summed E-state index contributed by atoms with van der Waals surface area (Å²) >= 11 is 2.29. The Bertz CT molecular complexity index is 1130. The van der Waals surface area contributed by atoms with Gasteiger partial charge >= 0.3 is 0 Å². The normalized spacial score (nSPS) is 10.8. The molecule has 0 radical (unpaired) electrons. The van der Waals surface area contributed by atoms with Crippen molar-refractivity contribution in [1.82, 2.24) is 19.7 Å².